The van der Waals surface area contributed by atoms with Crippen LogP contribution in [0.2, 0.25) is 0 Å². The van der Waals surface area contributed by atoms with E-state index in [2.05, 4.69) is 36.2 Å². The van der Waals surface area contributed by atoms with Crippen LogP contribution in [0.3, 0.4) is 0 Å². The molecule has 3 nitrogen and oxygen atoms in total. The smallest absolute Gasteiger partial charge is 0.129 e. The Balaban J connectivity index is 2.16. The largest absolute Gasteiger partial charge is 0.354 e. The number of hydrogen-bond acceptors (Lipinski definition) is 3. The predicted molar refractivity (Wildman–Crippen MR) is 72.4 cm³/mol. The third-order valence-corrected chi connectivity index (χ3v) is 3.29. The van der Waals surface area contributed by atoms with Crippen LogP contribution in [0.1, 0.15) is 37.4 Å². The SMILES string of the molecule is CCCN(c1ccc(CNC)c(C)n1)C1CC1. The molecule has 1 fully saturated rings. The molecule has 17 heavy (non-hydrogen) atoms. The fraction of sp³-hybridized carbons (Fsp3) is 0.643. The maximum Gasteiger partial charge on any atom is 0.129 e. The Bertz CT molecular complexity index is 372. The molecule has 0 amide bonds. The first-order valence-corrected chi connectivity index (χ1v) is 6.64. The molecule has 0 atom stereocenters. The maximum atomic E-state index is 4.76. The molecule has 1 aliphatic carbocycles. The van der Waals surface area contributed by atoms with Crippen molar-refractivity contribution in [3.05, 3.63) is 23.4 Å². The molecule has 0 radical (unpaired) electrons. The Hall–Kier alpha value is -1.09. The van der Waals surface area contributed by atoms with Crippen molar-refractivity contribution in [2.75, 3.05) is 18.5 Å². The van der Waals surface area contributed by atoms with E-state index in [1.165, 1.54) is 24.8 Å². The number of nitrogens with one attached hydrogen (secondary N) is 1. The van der Waals surface area contributed by atoms with Crippen molar-refractivity contribution in [2.45, 2.75) is 45.7 Å². The molecule has 0 spiro atoms. The lowest BCUT2D eigenvalue weighted by molar-refractivity contribution is 0.743. The lowest BCUT2D eigenvalue weighted by atomic mass is 10.2. The number of nitrogens with zero attached hydrogens (tertiary/aromatic N) is 2. The molecule has 94 valence electrons. The molecule has 1 N–H and O–H groups in total. The quantitative estimate of drug-likeness (QED) is 0.818. The van der Waals surface area contributed by atoms with Crippen LogP contribution in [0.5, 0.6) is 0 Å². The van der Waals surface area contributed by atoms with Crippen molar-refractivity contribution in [3.63, 3.8) is 0 Å². The highest BCUT2D eigenvalue weighted by atomic mass is 15.2. The molecule has 0 bridgehead atoms. The van der Waals surface area contributed by atoms with Gasteiger partial charge >= 0.3 is 0 Å². The van der Waals surface area contributed by atoms with Gasteiger partial charge in [-0.2, -0.15) is 0 Å². The number of pyridine rings is 1. The fourth-order valence-electron chi connectivity index (χ4n) is 2.23. The Kier molecular flexibility index (Phi) is 4.00. The molecular formula is C14H23N3. The summed E-state index contributed by atoms with van der Waals surface area (Å²) in [5, 5.41) is 3.18. The summed E-state index contributed by atoms with van der Waals surface area (Å²) in [5.74, 6) is 1.16. The zero-order valence-corrected chi connectivity index (χ0v) is 11.2. The zero-order valence-electron chi connectivity index (χ0n) is 11.2. The summed E-state index contributed by atoms with van der Waals surface area (Å²) in [4.78, 5) is 7.23. The van der Waals surface area contributed by atoms with Crippen LogP contribution >= 0.6 is 0 Å². The minimum absolute atomic E-state index is 0.747. The van der Waals surface area contributed by atoms with E-state index in [4.69, 9.17) is 4.98 Å². The molecule has 1 aromatic rings. The van der Waals surface area contributed by atoms with E-state index in [9.17, 15) is 0 Å². The molecule has 0 aromatic carbocycles. The van der Waals surface area contributed by atoms with Gasteiger partial charge in [0.25, 0.3) is 0 Å². The van der Waals surface area contributed by atoms with Gasteiger partial charge in [0.05, 0.1) is 0 Å². The van der Waals surface area contributed by atoms with Gasteiger partial charge in [-0.05, 0) is 44.9 Å². The van der Waals surface area contributed by atoms with Crippen LogP contribution in [-0.4, -0.2) is 24.6 Å². The van der Waals surface area contributed by atoms with E-state index in [0.717, 1.165) is 30.6 Å². The first-order chi connectivity index (χ1) is 8.26. The summed E-state index contributed by atoms with van der Waals surface area (Å²) >= 11 is 0. The average Bonchev–Trinajstić information content (AvgIpc) is 3.13. The fourth-order valence-corrected chi connectivity index (χ4v) is 2.23. The van der Waals surface area contributed by atoms with Gasteiger partial charge in [0, 0.05) is 24.8 Å². The third kappa shape index (κ3) is 2.97. The van der Waals surface area contributed by atoms with Crippen molar-refractivity contribution >= 4 is 5.82 Å². The van der Waals surface area contributed by atoms with Crippen molar-refractivity contribution in [1.82, 2.24) is 10.3 Å². The van der Waals surface area contributed by atoms with Crippen LogP contribution in [-0.2, 0) is 6.54 Å². The van der Waals surface area contributed by atoms with E-state index in [1.807, 2.05) is 7.05 Å². The number of rotatable bonds is 6. The van der Waals surface area contributed by atoms with Gasteiger partial charge in [0.1, 0.15) is 5.82 Å². The predicted octanol–water partition coefficient (Wildman–Crippen LogP) is 2.49. The molecule has 0 saturated heterocycles. The number of anilines is 1. The van der Waals surface area contributed by atoms with Crippen LogP contribution in [0, 0.1) is 6.92 Å². The highest BCUT2D eigenvalue weighted by Gasteiger charge is 2.29. The number of aryl methyl sites for hydroxylation is 1. The molecule has 3 heteroatoms. The zero-order chi connectivity index (χ0) is 12.3. The second-order valence-corrected chi connectivity index (χ2v) is 4.87. The van der Waals surface area contributed by atoms with E-state index < -0.39 is 0 Å². The molecular weight excluding hydrogens is 210 g/mol. The van der Waals surface area contributed by atoms with E-state index in [0.29, 0.717) is 0 Å². The van der Waals surface area contributed by atoms with Crippen molar-refractivity contribution in [1.29, 1.82) is 0 Å². The second-order valence-electron chi connectivity index (χ2n) is 4.87. The van der Waals surface area contributed by atoms with Crippen molar-refractivity contribution in [2.24, 2.45) is 0 Å². The number of aromatic nitrogens is 1. The van der Waals surface area contributed by atoms with Crippen molar-refractivity contribution < 1.29 is 0 Å². The molecule has 0 unspecified atom stereocenters. The minimum Gasteiger partial charge on any atom is -0.354 e. The molecule has 1 heterocycles. The lowest BCUT2D eigenvalue weighted by Gasteiger charge is -2.23. The van der Waals surface area contributed by atoms with Gasteiger partial charge in [-0.3, -0.25) is 0 Å². The number of hydrogen-bond donors (Lipinski definition) is 1. The minimum atomic E-state index is 0.747. The molecule has 1 aliphatic rings. The summed E-state index contributed by atoms with van der Waals surface area (Å²) in [7, 11) is 1.97. The molecule has 1 aromatic heterocycles. The van der Waals surface area contributed by atoms with Gasteiger partial charge in [-0.1, -0.05) is 13.0 Å². The maximum absolute atomic E-state index is 4.76. The highest BCUT2D eigenvalue weighted by molar-refractivity contribution is 5.44. The molecule has 2 rings (SSSR count). The third-order valence-electron chi connectivity index (χ3n) is 3.29. The van der Waals surface area contributed by atoms with Crippen LogP contribution in [0.4, 0.5) is 5.82 Å². The summed E-state index contributed by atoms with van der Waals surface area (Å²) in [6, 6.07) is 5.13. The first kappa shape index (κ1) is 12.4. The summed E-state index contributed by atoms with van der Waals surface area (Å²) in [6.07, 6.45) is 3.85. The van der Waals surface area contributed by atoms with Gasteiger partial charge in [-0.15, -0.1) is 0 Å². The van der Waals surface area contributed by atoms with Gasteiger partial charge in [-0.25, -0.2) is 4.98 Å². The summed E-state index contributed by atoms with van der Waals surface area (Å²) < 4.78 is 0. The normalized spacial score (nSPS) is 15.0. The van der Waals surface area contributed by atoms with Crippen LogP contribution < -0.4 is 10.2 Å². The molecule has 0 aliphatic heterocycles. The van der Waals surface area contributed by atoms with E-state index in [-0.39, 0.29) is 0 Å². The Morgan fingerprint density at radius 1 is 1.41 bits per heavy atom. The Morgan fingerprint density at radius 3 is 2.71 bits per heavy atom. The second kappa shape index (κ2) is 5.50. The van der Waals surface area contributed by atoms with E-state index >= 15 is 0 Å². The van der Waals surface area contributed by atoms with Gasteiger partial charge < -0.3 is 10.2 Å². The topological polar surface area (TPSA) is 28.2 Å². The lowest BCUT2D eigenvalue weighted by Crippen LogP contribution is -2.27. The highest BCUT2D eigenvalue weighted by Crippen LogP contribution is 2.31. The standard InChI is InChI=1S/C14H23N3/c1-4-9-17(13-6-7-13)14-8-5-12(10-15-3)11(2)16-14/h5,8,13,15H,4,6-7,9-10H2,1-3H3. The Morgan fingerprint density at radius 2 is 2.18 bits per heavy atom. The van der Waals surface area contributed by atoms with Crippen LogP contribution in [0.25, 0.3) is 0 Å². The van der Waals surface area contributed by atoms with Gasteiger partial charge in [0.15, 0.2) is 0 Å². The van der Waals surface area contributed by atoms with Gasteiger partial charge in [0.2, 0.25) is 0 Å². The monoisotopic (exact) mass is 233 g/mol. The van der Waals surface area contributed by atoms with Crippen molar-refractivity contribution in [3.8, 4) is 0 Å². The average molecular weight is 233 g/mol. The Labute approximate surface area is 104 Å². The summed E-state index contributed by atoms with van der Waals surface area (Å²) in [6.45, 7) is 6.36. The summed E-state index contributed by atoms with van der Waals surface area (Å²) in [5.41, 5.74) is 2.45. The van der Waals surface area contributed by atoms with Crippen LogP contribution in [0.15, 0.2) is 12.1 Å². The van der Waals surface area contributed by atoms with E-state index in [1.54, 1.807) is 0 Å². The molecule has 1 saturated carbocycles. The first-order valence-electron chi connectivity index (χ1n) is 6.64.